The molecular weight excluding hydrogens is 374 g/mol. The maximum absolute atomic E-state index is 11.9. The highest BCUT2D eigenvalue weighted by atomic mass is 32.2. The van der Waals surface area contributed by atoms with Crippen LogP contribution in [0.3, 0.4) is 0 Å². The van der Waals surface area contributed by atoms with Crippen molar-refractivity contribution in [2.75, 3.05) is 33.2 Å². The van der Waals surface area contributed by atoms with Crippen LogP contribution in [0.4, 0.5) is 11.4 Å². The molecule has 1 N–H and O–H groups in total. The lowest BCUT2D eigenvalue weighted by Crippen LogP contribution is -2.21. The Morgan fingerprint density at radius 3 is 2.44 bits per heavy atom. The summed E-state index contributed by atoms with van der Waals surface area (Å²) in [7, 11) is 2.18. The lowest BCUT2D eigenvalue weighted by atomic mass is 10.1. The predicted octanol–water partition coefficient (Wildman–Crippen LogP) is 2.16. The highest BCUT2D eigenvalue weighted by Crippen LogP contribution is 2.35. The molecule has 0 unspecified atom stereocenters. The van der Waals surface area contributed by atoms with E-state index in [4.69, 9.17) is 9.47 Å². The van der Waals surface area contributed by atoms with Gasteiger partial charge in [0.2, 0.25) is 10.0 Å². The van der Waals surface area contributed by atoms with Crippen LogP contribution < -0.4 is 19.1 Å². The smallest absolute Gasteiger partial charge is 0.293 e. The van der Waals surface area contributed by atoms with Gasteiger partial charge in [0.15, 0.2) is 11.5 Å². The van der Waals surface area contributed by atoms with E-state index in [0.29, 0.717) is 18.0 Å². The van der Waals surface area contributed by atoms with Crippen LogP contribution in [0.2, 0.25) is 0 Å². The minimum absolute atomic E-state index is 0.173. The van der Waals surface area contributed by atoms with Gasteiger partial charge in [-0.2, -0.15) is 0 Å². The zero-order chi connectivity index (χ0) is 20.2. The molecule has 2 aromatic carbocycles. The molecule has 9 nitrogen and oxygen atoms in total. The topological polar surface area (TPSA) is 111 Å². The molecule has 0 aliphatic heterocycles. The standard InChI is InChI=1S/C17H21N3O6S/c1-18-27(23,24)13-8-9-14(15(10-13)20(21)22)19(2)11-12-6-5-7-16(25-3)17(12)26-4/h5-10,18H,11H2,1-4H3. The molecule has 0 saturated heterocycles. The average molecular weight is 395 g/mol. The summed E-state index contributed by atoms with van der Waals surface area (Å²) in [6, 6.07) is 9.15. The van der Waals surface area contributed by atoms with E-state index in [1.807, 2.05) is 6.07 Å². The van der Waals surface area contributed by atoms with Gasteiger partial charge in [-0.15, -0.1) is 0 Å². The van der Waals surface area contributed by atoms with Gasteiger partial charge in [-0.1, -0.05) is 12.1 Å². The molecule has 0 amide bonds. The lowest BCUT2D eigenvalue weighted by molar-refractivity contribution is -0.384. The van der Waals surface area contributed by atoms with E-state index in [1.54, 1.807) is 24.1 Å². The van der Waals surface area contributed by atoms with E-state index in [0.717, 1.165) is 11.6 Å². The number of hydrogen-bond donors (Lipinski definition) is 1. The van der Waals surface area contributed by atoms with E-state index < -0.39 is 14.9 Å². The maximum atomic E-state index is 11.9. The van der Waals surface area contributed by atoms with Crippen molar-refractivity contribution in [2.45, 2.75) is 11.4 Å². The fourth-order valence-corrected chi connectivity index (χ4v) is 3.43. The maximum Gasteiger partial charge on any atom is 0.293 e. The van der Waals surface area contributed by atoms with Gasteiger partial charge < -0.3 is 14.4 Å². The molecular formula is C17H21N3O6S. The van der Waals surface area contributed by atoms with E-state index >= 15 is 0 Å². The van der Waals surface area contributed by atoms with Gasteiger partial charge in [-0.25, -0.2) is 13.1 Å². The molecule has 0 saturated carbocycles. The molecule has 0 spiro atoms. The number of ether oxygens (including phenoxy) is 2. The largest absolute Gasteiger partial charge is 0.493 e. The van der Waals surface area contributed by atoms with Gasteiger partial charge in [0.1, 0.15) is 5.69 Å². The van der Waals surface area contributed by atoms with E-state index in [9.17, 15) is 18.5 Å². The van der Waals surface area contributed by atoms with Crippen LogP contribution in [0.1, 0.15) is 5.56 Å². The Morgan fingerprint density at radius 1 is 1.19 bits per heavy atom. The van der Waals surface area contributed by atoms with Crippen molar-refractivity contribution < 1.29 is 22.8 Å². The number of nitro benzene ring substituents is 1. The summed E-state index contributed by atoms with van der Waals surface area (Å²) in [6.45, 7) is 0.291. The Hall–Kier alpha value is -2.85. The number of rotatable bonds is 8. The van der Waals surface area contributed by atoms with Crippen molar-refractivity contribution in [1.82, 2.24) is 4.72 Å². The molecule has 27 heavy (non-hydrogen) atoms. The minimum Gasteiger partial charge on any atom is -0.493 e. The van der Waals surface area contributed by atoms with Crippen molar-refractivity contribution in [1.29, 1.82) is 0 Å². The molecule has 0 heterocycles. The fourth-order valence-electron chi connectivity index (χ4n) is 2.68. The third-order valence-corrected chi connectivity index (χ3v) is 5.44. The molecule has 0 fully saturated rings. The Balaban J connectivity index is 2.45. The first-order valence-electron chi connectivity index (χ1n) is 7.88. The van der Waals surface area contributed by atoms with Crippen molar-refractivity contribution in [3.05, 3.63) is 52.1 Å². The normalized spacial score (nSPS) is 11.1. The van der Waals surface area contributed by atoms with Gasteiger partial charge in [0.05, 0.1) is 24.0 Å². The van der Waals surface area contributed by atoms with E-state index in [-0.39, 0.29) is 16.3 Å². The van der Waals surface area contributed by atoms with E-state index in [2.05, 4.69) is 4.72 Å². The summed E-state index contributed by atoms with van der Waals surface area (Å²) in [4.78, 5) is 12.4. The summed E-state index contributed by atoms with van der Waals surface area (Å²) < 4.78 is 36.6. The first kappa shape index (κ1) is 20.5. The quantitative estimate of drug-likeness (QED) is 0.538. The Labute approximate surface area is 157 Å². The van der Waals surface area contributed by atoms with E-state index in [1.165, 1.54) is 33.4 Å². The van der Waals surface area contributed by atoms with Crippen LogP contribution in [-0.4, -0.2) is 41.7 Å². The molecule has 0 aromatic heterocycles. The van der Waals surface area contributed by atoms with Crippen LogP contribution in [-0.2, 0) is 16.6 Å². The van der Waals surface area contributed by atoms with Crippen molar-refractivity contribution in [2.24, 2.45) is 0 Å². The highest BCUT2D eigenvalue weighted by Gasteiger charge is 2.23. The Bertz CT molecular complexity index is 946. The first-order chi connectivity index (χ1) is 12.7. The zero-order valence-electron chi connectivity index (χ0n) is 15.4. The van der Waals surface area contributed by atoms with Gasteiger partial charge in [0, 0.05) is 25.2 Å². The number of methoxy groups -OCH3 is 2. The average Bonchev–Trinajstić information content (AvgIpc) is 2.66. The van der Waals surface area contributed by atoms with Gasteiger partial charge in [-0.05, 0) is 25.2 Å². The van der Waals surface area contributed by atoms with Gasteiger partial charge >= 0.3 is 0 Å². The van der Waals surface area contributed by atoms with Crippen LogP contribution in [0.5, 0.6) is 11.5 Å². The second-order valence-electron chi connectivity index (χ2n) is 5.62. The molecule has 0 aliphatic carbocycles. The number of nitrogens with one attached hydrogen (secondary N) is 1. The molecule has 0 aliphatic rings. The lowest BCUT2D eigenvalue weighted by Gasteiger charge is -2.21. The van der Waals surface area contributed by atoms with Crippen LogP contribution in [0, 0.1) is 10.1 Å². The second-order valence-corrected chi connectivity index (χ2v) is 7.51. The number of anilines is 1. The summed E-state index contributed by atoms with van der Waals surface area (Å²) in [5.41, 5.74) is 0.733. The van der Waals surface area contributed by atoms with Crippen molar-refractivity contribution in [3.63, 3.8) is 0 Å². The third kappa shape index (κ3) is 4.29. The summed E-state index contributed by atoms with van der Waals surface area (Å²) in [6.07, 6.45) is 0. The van der Waals surface area contributed by atoms with Gasteiger partial charge in [-0.3, -0.25) is 10.1 Å². The molecule has 0 bridgehead atoms. The van der Waals surface area contributed by atoms with Crippen LogP contribution >= 0.6 is 0 Å². The Morgan fingerprint density at radius 2 is 1.89 bits per heavy atom. The predicted molar refractivity (Wildman–Crippen MR) is 101 cm³/mol. The number of sulfonamides is 1. The first-order valence-corrected chi connectivity index (χ1v) is 9.36. The zero-order valence-corrected chi connectivity index (χ0v) is 16.2. The molecule has 146 valence electrons. The molecule has 2 rings (SSSR count). The minimum atomic E-state index is -3.78. The highest BCUT2D eigenvalue weighted by molar-refractivity contribution is 7.89. The summed E-state index contributed by atoms with van der Waals surface area (Å²) in [5.74, 6) is 1.08. The van der Waals surface area contributed by atoms with Crippen molar-refractivity contribution in [3.8, 4) is 11.5 Å². The summed E-state index contributed by atoms with van der Waals surface area (Å²) >= 11 is 0. The second kappa shape index (κ2) is 8.23. The third-order valence-electron chi connectivity index (χ3n) is 4.03. The number of nitrogens with zero attached hydrogens (tertiary/aromatic N) is 2. The number of hydrogen-bond acceptors (Lipinski definition) is 7. The molecule has 10 heteroatoms. The molecule has 2 aromatic rings. The SMILES string of the molecule is CNS(=O)(=O)c1ccc(N(C)Cc2cccc(OC)c2OC)c([N+](=O)[O-])c1. The number of nitro groups is 1. The van der Waals surface area contributed by atoms with Gasteiger partial charge in [0.25, 0.3) is 5.69 Å². The fraction of sp³-hybridized carbons (Fsp3) is 0.294. The Kier molecular flexibility index (Phi) is 6.24. The van der Waals surface area contributed by atoms with Crippen LogP contribution in [0.15, 0.2) is 41.3 Å². The summed E-state index contributed by atoms with van der Waals surface area (Å²) in [5, 5.41) is 11.5. The monoisotopic (exact) mass is 395 g/mol. The van der Waals surface area contributed by atoms with Crippen LogP contribution in [0.25, 0.3) is 0 Å². The van der Waals surface area contributed by atoms with Crippen molar-refractivity contribution >= 4 is 21.4 Å². The molecule has 0 radical (unpaired) electrons. The number of para-hydroxylation sites is 1. The number of benzene rings is 2. The molecule has 0 atom stereocenters.